The Morgan fingerprint density at radius 1 is 1.19 bits per heavy atom. The molecule has 1 N–H and O–H groups in total. The average Bonchev–Trinajstić information content (AvgIpc) is 3.37. The molecule has 3 atom stereocenters. The van der Waals surface area contributed by atoms with Crippen molar-refractivity contribution in [2.75, 3.05) is 45.7 Å². The number of methoxy groups -OCH3 is 1. The minimum atomic E-state index is -4.26. The summed E-state index contributed by atoms with van der Waals surface area (Å²) < 4.78 is 50.7. The lowest BCUT2D eigenvalue weighted by molar-refractivity contribution is -0.140. The van der Waals surface area contributed by atoms with Gasteiger partial charge in [0, 0.05) is 57.5 Å². The maximum Gasteiger partial charge on any atom is 0.390 e. The number of rotatable bonds is 5. The normalized spacial score (nSPS) is 25.0. The predicted octanol–water partition coefficient (Wildman–Crippen LogP) is 4.57. The second-order valence-electron chi connectivity index (χ2n) is 10.1. The molecule has 36 heavy (non-hydrogen) atoms. The number of alkyl halides is 3. The maximum absolute atomic E-state index is 13.3. The zero-order valence-electron chi connectivity index (χ0n) is 21.6. The van der Waals surface area contributed by atoms with Gasteiger partial charge in [-0.3, -0.25) is 14.5 Å². The molecule has 0 unspecified atom stereocenters. The first-order chi connectivity index (χ1) is 17.0. The fourth-order valence-corrected chi connectivity index (χ4v) is 4.94. The average molecular weight is 514 g/mol. The van der Waals surface area contributed by atoms with Gasteiger partial charge in [0.15, 0.2) is 0 Å². The first-order valence-corrected chi connectivity index (χ1v) is 12.6. The summed E-state index contributed by atoms with van der Waals surface area (Å²) in [6.45, 7) is 4.30. The van der Waals surface area contributed by atoms with Gasteiger partial charge in [-0.15, -0.1) is 0 Å². The molecule has 0 saturated heterocycles. The van der Waals surface area contributed by atoms with Gasteiger partial charge in [0.25, 0.3) is 5.91 Å². The van der Waals surface area contributed by atoms with Crippen LogP contribution in [0.25, 0.3) is 0 Å². The third kappa shape index (κ3) is 7.59. The molecule has 1 aliphatic carbocycles. The van der Waals surface area contributed by atoms with Gasteiger partial charge < -0.3 is 19.7 Å². The third-order valence-corrected chi connectivity index (χ3v) is 7.25. The Balaban J connectivity index is 1.87. The van der Waals surface area contributed by atoms with Crippen LogP contribution in [0.2, 0.25) is 0 Å². The van der Waals surface area contributed by atoms with E-state index in [1.165, 1.54) is 4.90 Å². The summed E-state index contributed by atoms with van der Waals surface area (Å²) in [5.74, 6) is -0.146. The number of carbonyl (C=O) groups is 2. The molecule has 2 amide bonds. The van der Waals surface area contributed by atoms with Crippen LogP contribution in [0.1, 0.15) is 56.3 Å². The summed E-state index contributed by atoms with van der Waals surface area (Å²) in [4.78, 5) is 29.2. The Labute approximate surface area is 211 Å². The molecule has 3 rings (SSSR count). The smallest absolute Gasteiger partial charge is 0.390 e. The summed E-state index contributed by atoms with van der Waals surface area (Å²) in [7, 11) is 3.21. The highest BCUT2D eigenvalue weighted by molar-refractivity contribution is 5.98. The molecule has 2 aliphatic rings. The zero-order valence-corrected chi connectivity index (χ0v) is 21.6. The number of likely N-dealkylation sites (N-methyl/N-ethyl adjacent to an activating group) is 1. The number of benzene rings is 1. The monoisotopic (exact) mass is 513 g/mol. The molecule has 1 saturated carbocycles. The fraction of sp³-hybridized carbons (Fsp3) is 0.692. The highest BCUT2D eigenvalue weighted by atomic mass is 19.4. The lowest BCUT2D eigenvalue weighted by Gasteiger charge is -2.36. The number of hydrogen-bond donors (Lipinski definition) is 1. The molecule has 0 radical (unpaired) electrons. The van der Waals surface area contributed by atoms with Crippen molar-refractivity contribution in [3.63, 3.8) is 0 Å². The summed E-state index contributed by atoms with van der Waals surface area (Å²) >= 11 is 0. The van der Waals surface area contributed by atoms with Crippen LogP contribution >= 0.6 is 0 Å². The van der Waals surface area contributed by atoms with Crippen LogP contribution in [0.15, 0.2) is 18.2 Å². The molecule has 202 valence electrons. The number of nitrogens with one attached hydrogen (secondary N) is 1. The lowest BCUT2D eigenvalue weighted by Crippen LogP contribution is -2.47. The molecule has 0 aromatic heterocycles. The maximum atomic E-state index is 13.3. The van der Waals surface area contributed by atoms with Crippen LogP contribution < -0.4 is 10.1 Å². The molecule has 1 fully saturated rings. The summed E-state index contributed by atoms with van der Waals surface area (Å²) in [6.07, 6.45) is -1.74. The first-order valence-electron chi connectivity index (χ1n) is 12.6. The molecule has 0 bridgehead atoms. The van der Waals surface area contributed by atoms with Crippen molar-refractivity contribution < 1.29 is 32.2 Å². The van der Waals surface area contributed by atoms with Crippen molar-refractivity contribution >= 4 is 17.5 Å². The highest BCUT2D eigenvalue weighted by Gasteiger charge is 2.32. The molecule has 1 aliphatic heterocycles. The molecule has 1 aromatic rings. The predicted molar refractivity (Wildman–Crippen MR) is 131 cm³/mol. The van der Waals surface area contributed by atoms with E-state index in [0.29, 0.717) is 23.5 Å². The number of carbonyl (C=O) groups excluding carboxylic acids is 2. The Kier molecular flexibility index (Phi) is 9.63. The lowest BCUT2D eigenvalue weighted by atomic mass is 10.0. The van der Waals surface area contributed by atoms with Gasteiger partial charge in [-0.05, 0) is 37.8 Å². The van der Waals surface area contributed by atoms with Crippen LogP contribution in [0.5, 0.6) is 5.75 Å². The first kappa shape index (κ1) is 28.2. The quantitative estimate of drug-likeness (QED) is 0.625. The number of fused-ring (bicyclic) bond motifs is 1. The highest BCUT2D eigenvalue weighted by Crippen LogP contribution is 2.30. The molecule has 1 aromatic carbocycles. The van der Waals surface area contributed by atoms with Crippen LogP contribution in [0, 0.1) is 11.8 Å². The van der Waals surface area contributed by atoms with Gasteiger partial charge in [-0.25, -0.2) is 0 Å². The number of amides is 2. The molecular formula is C26H38F3N3O4. The van der Waals surface area contributed by atoms with Crippen molar-refractivity contribution in [3.05, 3.63) is 23.8 Å². The molecular weight excluding hydrogens is 475 g/mol. The molecule has 1 heterocycles. The molecule has 7 nitrogen and oxygen atoms in total. The van der Waals surface area contributed by atoms with Crippen LogP contribution in [-0.4, -0.2) is 80.3 Å². The van der Waals surface area contributed by atoms with Crippen LogP contribution in [-0.2, 0) is 9.53 Å². The summed E-state index contributed by atoms with van der Waals surface area (Å²) in [6, 6.07) is 4.59. The zero-order chi connectivity index (χ0) is 26.5. The third-order valence-electron chi connectivity index (χ3n) is 7.25. The molecule has 10 heteroatoms. The second kappa shape index (κ2) is 12.3. The van der Waals surface area contributed by atoms with E-state index in [-0.39, 0.29) is 55.5 Å². The van der Waals surface area contributed by atoms with Gasteiger partial charge >= 0.3 is 6.18 Å². The summed E-state index contributed by atoms with van der Waals surface area (Å²) in [5, 5.41) is 2.93. The van der Waals surface area contributed by atoms with Gasteiger partial charge in [0.1, 0.15) is 12.4 Å². The SMILES string of the molecule is CO[C@@H]1CN(C)C(=O)c2ccc(NC(=O)C3CCCC3)cc2OC[C@@H](C)N(CCC(F)(F)F)C[C@H]1C. The second-order valence-corrected chi connectivity index (χ2v) is 10.1. The minimum absolute atomic E-state index is 0.0187. The number of ether oxygens (including phenoxy) is 2. The van der Waals surface area contributed by atoms with Gasteiger partial charge in [0.05, 0.1) is 18.1 Å². The van der Waals surface area contributed by atoms with E-state index in [9.17, 15) is 22.8 Å². The van der Waals surface area contributed by atoms with E-state index < -0.39 is 12.6 Å². The van der Waals surface area contributed by atoms with E-state index in [4.69, 9.17) is 9.47 Å². The van der Waals surface area contributed by atoms with Gasteiger partial charge in [-0.1, -0.05) is 19.8 Å². The number of hydrogen-bond acceptors (Lipinski definition) is 5. The molecule has 0 spiro atoms. The van der Waals surface area contributed by atoms with Crippen molar-refractivity contribution in [2.45, 2.75) is 64.3 Å². The number of halogens is 3. The minimum Gasteiger partial charge on any atom is -0.491 e. The summed E-state index contributed by atoms with van der Waals surface area (Å²) in [5.41, 5.74) is 0.853. The Morgan fingerprint density at radius 2 is 1.89 bits per heavy atom. The van der Waals surface area contributed by atoms with Crippen LogP contribution in [0.4, 0.5) is 18.9 Å². The number of anilines is 1. The van der Waals surface area contributed by atoms with Crippen molar-refractivity contribution in [3.8, 4) is 5.75 Å². The van der Waals surface area contributed by atoms with Gasteiger partial charge in [0.2, 0.25) is 5.91 Å². The van der Waals surface area contributed by atoms with Crippen molar-refractivity contribution in [1.29, 1.82) is 0 Å². The van der Waals surface area contributed by atoms with E-state index >= 15 is 0 Å². The Morgan fingerprint density at radius 3 is 2.53 bits per heavy atom. The standard InChI is InChI=1S/C26H38F3N3O4/c1-17-14-32(12-11-26(27,28)29)18(2)16-36-22-13-20(30-24(33)19-7-5-6-8-19)9-10-21(22)25(34)31(3)15-23(17)35-4/h9-10,13,17-19,23H,5-8,11-12,14-16H2,1-4H3,(H,30,33)/t17-,18-,23-/m1/s1. The van der Waals surface area contributed by atoms with Crippen LogP contribution in [0.3, 0.4) is 0 Å². The fourth-order valence-electron chi connectivity index (χ4n) is 4.94. The van der Waals surface area contributed by atoms with Crippen molar-refractivity contribution in [2.24, 2.45) is 11.8 Å². The number of nitrogens with zero attached hydrogens (tertiary/aromatic N) is 2. The van der Waals surface area contributed by atoms with Gasteiger partial charge in [-0.2, -0.15) is 13.2 Å². The Bertz CT molecular complexity index is 905. The van der Waals surface area contributed by atoms with E-state index in [1.54, 1.807) is 37.3 Å². The van der Waals surface area contributed by atoms with E-state index in [0.717, 1.165) is 25.7 Å². The van der Waals surface area contributed by atoms with Crippen molar-refractivity contribution in [1.82, 2.24) is 9.80 Å². The van der Waals surface area contributed by atoms with E-state index in [1.807, 2.05) is 13.8 Å². The largest absolute Gasteiger partial charge is 0.491 e. The Hall–Kier alpha value is -2.33. The topological polar surface area (TPSA) is 71.1 Å². The van der Waals surface area contributed by atoms with E-state index in [2.05, 4.69) is 5.32 Å².